The molecule has 0 radical (unpaired) electrons. The largest absolute Gasteiger partial charge is 0.467 e. The van der Waals surface area contributed by atoms with Crippen LogP contribution in [0.2, 0.25) is 0 Å². The molecule has 146 valence electrons. The van der Waals surface area contributed by atoms with E-state index in [0.717, 1.165) is 17.9 Å². The first-order valence-corrected chi connectivity index (χ1v) is 9.41. The summed E-state index contributed by atoms with van der Waals surface area (Å²) < 4.78 is 19.8. The lowest BCUT2D eigenvalue weighted by Gasteiger charge is -2.31. The first-order chi connectivity index (χ1) is 13.2. The molecule has 2 aromatic rings. The highest BCUT2D eigenvalue weighted by Gasteiger charge is 2.19. The van der Waals surface area contributed by atoms with Gasteiger partial charge in [-0.3, -0.25) is 0 Å². The Morgan fingerprint density at radius 1 is 1.30 bits per heavy atom. The van der Waals surface area contributed by atoms with Gasteiger partial charge in [-0.2, -0.15) is 0 Å². The zero-order chi connectivity index (χ0) is 19.1. The molecule has 0 aliphatic carbocycles. The molecular weight excluding hydrogens is 347 g/mol. The summed E-state index contributed by atoms with van der Waals surface area (Å²) in [5, 5.41) is 16.0. The van der Waals surface area contributed by atoms with Crippen LogP contribution >= 0.6 is 0 Å². The van der Waals surface area contributed by atoms with E-state index in [1.165, 1.54) is 0 Å². The second-order valence-electron chi connectivity index (χ2n) is 6.63. The highest BCUT2D eigenvalue weighted by molar-refractivity contribution is 5.79. The lowest BCUT2D eigenvalue weighted by atomic mass is 10.1. The number of aliphatic hydroxyl groups is 1. The number of benzene rings is 1. The smallest absolute Gasteiger partial charge is 0.191 e. The number of piperidine rings is 1. The van der Waals surface area contributed by atoms with Crippen LogP contribution in [0.1, 0.15) is 31.1 Å². The Kier molecular flexibility index (Phi) is 6.70. The standard InChI is InChI=1S/C20H27FN4O2/c1-2-22-20(24-14-17-4-3-11-27-17)23-13-15-5-6-19(18(21)12-15)25-9-7-16(26)8-10-25/h3-6,11-12,16,26H,2,7-10,13-14H2,1H3,(H2,22,23,24). The average molecular weight is 374 g/mol. The van der Waals surface area contributed by atoms with Crippen LogP contribution in [-0.2, 0) is 13.1 Å². The summed E-state index contributed by atoms with van der Waals surface area (Å²) in [6, 6.07) is 8.99. The topological polar surface area (TPSA) is 73.0 Å². The summed E-state index contributed by atoms with van der Waals surface area (Å²) in [7, 11) is 0. The summed E-state index contributed by atoms with van der Waals surface area (Å²) in [6.45, 7) is 5.00. The second kappa shape index (κ2) is 9.41. The van der Waals surface area contributed by atoms with E-state index in [2.05, 4.69) is 15.6 Å². The minimum atomic E-state index is -0.268. The lowest BCUT2D eigenvalue weighted by molar-refractivity contribution is 0.145. The summed E-state index contributed by atoms with van der Waals surface area (Å²) in [6.07, 6.45) is 2.72. The van der Waals surface area contributed by atoms with Crippen molar-refractivity contribution >= 4 is 11.6 Å². The molecule has 3 rings (SSSR count). The van der Waals surface area contributed by atoms with E-state index < -0.39 is 0 Å². The number of aliphatic imine (C=N–C) groups is 1. The molecule has 1 aliphatic rings. The number of nitrogens with zero attached hydrogens (tertiary/aromatic N) is 2. The van der Waals surface area contributed by atoms with Gasteiger partial charge in [0.1, 0.15) is 11.6 Å². The maximum absolute atomic E-state index is 14.5. The van der Waals surface area contributed by atoms with Crippen LogP contribution in [0, 0.1) is 5.82 Å². The zero-order valence-electron chi connectivity index (χ0n) is 15.6. The van der Waals surface area contributed by atoms with Crippen molar-refractivity contribution in [1.29, 1.82) is 0 Å². The summed E-state index contributed by atoms with van der Waals surface area (Å²) in [5.41, 5.74) is 1.40. The summed E-state index contributed by atoms with van der Waals surface area (Å²) in [4.78, 5) is 6.51. The minimum absolute atomic E-state index is 0.243. The maximum Gasteiger partial charge on any atom is 0.191 e. The Balaban J connectivity index is 1.61. The van der Waals surface area contributed by atoms with Crippen molar-refractivity contribution in [2.75, 3.05) is 24.5 Å². The Bertz CT molecular complexity index is 740. The van der Waals surface area contributed by atoms with Crippen molar-refractivity contribution in [1.82, 2.24) is 10.6 Å². The van der Waals surface area contributed by atoms with E-state index in [0.29, 0.717) is 50.7 Å². The molecule has 0 unspecified atom stereocenters. The predicted octanol–water partition coefficient (Wildman–Crippen LogP) is 2.64. The number of aliphatic hydroxyl groups excluding tert-OH is 1. The van der Waals surface area contributed by atoms with Gasteiger partial charge < -0.3 is 25.1 Å². The number of guanidine groups is 1. The Morgan fingerprint density at radius 3 is 2.78 bits per heavy atom. The molecule has 6 nitrogen and oxygen atoms in total. The molecule has 0 spiro atoms. The Labute approximate surface area is 159 Å². The maximum atomic E-state index is 14.5. The van der Waals surface area contributed by atoms with Gasteiger partial charge in [-0.1, -0.05) is 6.07 Å². The Morgan fingerprint density at radius 2 is 2.11 bits per heavy atom. The van der Waals surface area contributed by atoms with Crippen molar-refractivity contribution in [3.8, 4) is 0 Å². The second-order valence-corrected chi connectivity index (χ2v) is 6.63. The van der Waals surface area contributed by atoms with Crippen molar-refractivity contribution in [2.24, 2.45) is 4.99 Å². The molecular formula is C20H27FN4O2. The number of nitrogens with one attached hydrogen (secondary N) is 2. The Hall–Kier alpha value is -2.54. The summed E-state index contributed by atoms with van der Waals surface area (Å²) >= 11 is 0. The van der Waals surface area contributed by atoms with Crippen LogP contribution in [0.5, 0.6) is 0 Å². The van der Waals surface area contributed by atoms with E-state index in [1.807, 2.05) is 30.0 Å². The normalized spacial score (nSPS) is 15.8. The van der Waals surface area contributed by atoms with E-state index in [9.17, 15) is 9.50 Å². The first-order valence-electron chi connectivity index (χ1n) is 9.41. The third kappa shape index (κ3) is 5.47. The number of rotatable bonds is 6. The van der Waals surface area contributed by atoms with Gasteiger partial charge in [0.05, 0.1) is 31.1 Å². The molecule has 0 amide bonds. The fourth-order valence-corrected chi connectivity index (χ4v) is 3.11. The molecule has 0 saturated carbocycles. The van der Waals surface area contributed by atoms with Crippen LogP contribution in [0.4, 0.5) is 10.1 Å². The highest BCUT2D eigenvalue weighted by Crippen LogP contribution is 2.24. The van der Waals surface area contributed by atoms with Gasteiger partial charge in [-0.05, 0) is 49.6 Å². The van der Waals surface area contributed by atoms with E-state index >= 15 is 0 Å². The molecule has 7 heteroatoms. The fourth-order valence-electron chi connectivity index (χ4n) is 3.11. The number of hydrogen-bond acceptors (Lipinski definition) is 4. The third-order valence-electron chi connectivity index (χ3n) is 4.59. The SMILES string of the molecule is CCNC(=NCc1ccc(N2CCC(O)CC2)c(F)c1)NCc1ccco1. The highest BCUT2D eigenvalue weighted by atomic mass is 19.1. The number of hydrogen-bond donors (Lipinski definition) is 3. The van der Waals surface area contributed by atoms with Crippen molar-refractivity contribution < 1.29 is 13.9 Å². The fraction of sp³-hybridized carbons (Fsp3) is 0.450. The van der Waals surface area contributed by atoms with Gasteiger partial charge in [0.2, 0.25) is 0 Å². The first kappa shape index (κ1) is 19.2. The molecule has 3 N–H and O–H groups in total. The molecule has 1 aliphatic heterocycles. The molecule has 1 aromatic carbocycles. The van der Waals surface area contributed by atoms with Crippen LogP contribution in [0.15, 0.2) is 46.0 Å². The van der Waals surface area contributed by atoms with E-state index in [-0.39, 0.29) is 11.9 Å². The monoisotopic (exact) mass is 374 g/mol. The molecule has 0 bridgehead atoms. The number of halogens is 1. The van der Waals surface area contributed by atoms with Crippen molar-refractivity contribution in [3.63, 3.8) is 0 Å². The molecule has 1 saturated heterocycles. The van der Waals surface area contributed by atoms with E-state index in [1.54, 1.807) is 18.4 Å². The van der Waals surface area contributed by atoms with Gasteiger partial charge in [0.15, 0.2) is 5.96 Å². The van der Waals surface area contributed by atoms with Crippen molar-refractivity contribution in [3.05, 3.63) is 53.7 Å². The number of anilines is 1. The van der Waals surface area contributed by atoms with Crippen LogP contribution < -0.4 is 15.5 Å². The van der Waals surface area contributed by atoms with Crippen LogP contribution in [-0.4, -0.2) is 36.8 Å². The van der Waals surface area contributed by atoms with Crippen molar-refractivity contribution in [2.45, 2.75) is 39.0 Å². The predicted molar refractivity (Wildman–Crippen MR) is 104 cm³/mol. The van der Waals surface area contributed by atoms with E-state index in [4.69, 9.17) is 4.42 Å². The molecule has 27 heavy (non-hydrogen) atoms. The van der Waals surface area contributed by atoms with Gasteiger partial charge in [-0.15, -0.1) is 0 Å². The lowest BCUT2D eigenvalue weighted by Crippen LogP contribution is -2.36. The quantitative estimate of drug-likeness (QED) is 0.536. The van der Waals surface area contributed by atoms with Gasteiger partial charge in [0.25, 0.3) is 0 Å². The molecule has 0 atom stereocenters. The van der Waals surface area contributed by atoms with Gasteiger partial charge >= 0.3 is 0 Å². The van der Waals surface area contributed by atoms with Gasteiger partial charge in [0, 0.05) is 19.6 Å². The molecule has 1 fully saturated rings. The summed E-state index contributed by atoms with van der Waals surface area (Å²) in [5.74, 6) is 1.23. The zero-order valence-corrected chi connectivity index (χ0v) is 15.6. The average Bonchev–Trinajstić information content (AvgIpc) is 3.19. The molecule has 1 aromatic heterocycles. The van der Waals surface area contributed by atoms with Crippen LogP contribution in [0.3, 0.4) is 0 Å². The van der Waals surface area contributed by atoms with Gasteiger partial charge in [-0.25, -0.2) is 9.38 Å². The minimum Gasteiger partial charge on any atom is -0.467 e. The third-order valence-corrected chi connectivity index (χ3v) is 4.59. The van der Waals surface area contributed by atoms with Crippen LogP contribution in [0.25, 0.3) is 0 Å². The molecule has 2 heterocycles. The number of furan rings is 1.